The SMILES string of the molecule is NCC(Oc1ccc(C(F)(F)F)cc1)c1ccc(Cl)cc1. The van der Waals surface area contributed by atoms with E-state index in [4.69, 9.17) is 22.1 Å². The molecule has 0 aromatic heterocycles. The van der Waals surface area contributed by atoms with Crippen LogP contribution in [0.1, 0.15) is 17.2 Å². The maximum atomic E-state index is 12.5. The minimum atomic E-state index is -4.36. The van der Waals surface area contributed by atoms with Crippen LogP contribution in [0.5, 0.6) is 5.75 Å². The summed E-state index contributed by atoms with van der Waals surface area (Å²) in [6, 6.07) is 11.5. The largest absolute Gasteiger partial charge is 0.484 e. The molecule has 0 saturated heterocycles. The van der Waals surface area contributed by atoms with Crippen LogP contribution in [-0.4, -0.2) is 6.54 Å². The summed E-state index contributed by atoms with van der Waals surface area (Å²) >= 11 is 5.80. The number of rotatable bonds is 4. The van der Waals surface area contributed by atoms with Crippen molar-refractivity contribution in [3.8, 4) is 5.75 Å². The summed E-state index contributed by atoms with van der Waals surface area (Å²) in [6.45, 7) is 0.197. The minimum absolute atomic E-state index is 0.197. The van der Waals surface area contributed by atoms with E-state index < -0.39 is 17.8 Å². The molecule has 0 radical (unpaired) electrons. The Morgan fingerprint density at radius 3 is 2.05 bits per heavy atom. The first kappa shape index (κ1) is 15.7. The van der Waals surface area contributed by atoms with Gasteiger partial charge in [0.1, 0.15) is 11.9 Å². The van der Waals surface area contributed by atoms with E-state index in [1.54, 1.807) is 24.3 Å². The second kappa shape index (κ2) is 6.37. The van der Waals surface area contributed by atoms with Crippen molar-refractivity contribution in [1.82, 2.24) is 0 Å². The molecule has 112 valence electrons. The van der Waals surface area contributed by atoms with Crippen LogP contribution in [0.2, 0.25) is 5.02 Å². The zero-order chi connectivity index (χ0) is 15.5. The van der Waals surface area contributed by atoms with Crippen LogP contribution in [0.4, 0.5) is 13.2 Å². The van der Waals surface area contributed by atoms with Crippen LogP contribution in [-0.2, 0) is 6.18 Å². The molecule has 2 nitrogen and oxygen atoms in total. The second-order valence-electron chi connectivity index (χ2n) is 4.42. The molecule has 0 aliphatic heterocycles. The lowest BCUT2D eigenvalue weighted by Crippen LogP contribution is -2.18. The number of benzene rings is 2. The zero-order valence-corrected chi connectivity index (χ0v) is 11.7. The van der Waals surface area contributed by atoms with Gasteiger partial charge in [0, 0.05) is 11.6 Å². The number of ether oxygens (including phenoxy) is 1. The van der Waals surface area contributed by atoms with Gasteiger partial charge < -0.3 is 10.5 Å². The maximum Gasteiger partial charge on any atom is 0.416 e. The van der Waals surface area contributed by atoms with E-state index in [0.29, 0.717) is 10.8 Å². The highest BCUT2D eigenvalue weighted by molar-refractivity contribution is 6.30. The first-order valence-corrected chi connectivity index (χ1v) is 6.57. The lowest BCUT2D eigenvalue weighted by Gasteiger charge is -2.18. The molecule has 1 unspecified atom stereocenters. The predicted octanol–water partition coefficient (Wildman–Crippen LogP) is 4.44. The van der Waals surface area contributed by atoms with Crippen LogP contribution in [0.15, 0.2) is 48.5 Å². The molecule has 0 bridgehead atoms. The lowest BCUT2D eigenvalue weighted by molar-refractivity contribution is -0.137. The van der Waals surface area contributed by atoms with Gasteiger partial charge in [0.25, 0.3) is 0 Å². The van der Waals surface area contributed by atoms with Gasteiger partial charge in [-0.3, -0.25) is 0 Å². The van der Waals surface area contributed by atoms with Crippen molar-refractivity contribution in [3.63, 3.8) is 0 Å². The average molecular weight is 316 g/mol. The Morgan fingerprint density at radius 1 is 1.00 bits per heavy atom. The molecule has 0 spiro atoms. The number of nitrogens with two attached hydrogens (primary N) is 1. The summed E-state index contributed by atoms with van der Waals surface area (Å²) in [6.07, 6.45) is -4.80. The molecule has 0 saturated carbocycles. The number of hydrogen-bond donors (Lipinski definition) is 1. The molecule has 0 heterocycles. The Morgan fingerprint density at radius 2 is 1.57 bits per heavy atom. The van der Waals surface area contributed by atoms with Gasteiger partial charge >= 0.3 is 6.18 Å². The Hall–Kier alpha value is -1.72. The lowest BCUT2D eigenvalue weighted by atomic mass is 10.1. The van der Waals surface area contributed by atoms with Crippen LogP contribution < -0.4 is 10.5 Å². The third-order valence-electron chi connectivity index (χ3n) is 2.92. The third-order valence-corrected chi connectivity index (χ3v) is 3.17. The molecule has 0 amide bonds. The van der Waals surface area contributed by atoms with Crippen LogP contribution in [0.3, 0.4) is 0 Å². The van der Waals surface area contributed by atoms with Gasteiger partial charge in [-0.15, -0.1) is 0 Å². The van der Waals surface area contributed by atoms with Gasteiger partial charge in [-0.2, -0.15) is 13.2 Å². The van der Waals surface area contributed by atoms with E-state index in [9.17, 15) is 13.2 Å². The van der Waals surface area contributed by atoms with Crippen molar-refractivity contribution in [2.45, 2.75) is 12.3 Å². The van der Waals surface area contributed by atoms with Crippen LogP contribution >= 0.6 is 11.6 Å². The van der Waals surface area contributed by atoms with Crippen LogP contribution in [0, 0.1) is 0 Å². The minimum Gasteiger partial charge on any atom is -0.484 e. The Bertz CT molecular complexity index is 581. The fraction of sp³-hybridized carbons (Fsp3) is 0.200. The molecule has 0 fully saturated rings. The molecule has 21 heavy (non-hydrogen) atoms. The summed E-state index contributed by atoms with van der Waals surface area (Å²) in [5.41, 5.74) is 5.74. The van der Waals surface area contributed by atoms with Gasteiger partial charge in [0.05, 0.1) is 5.56 Å². The highest BCUT2D eigenvalue weighted by atomic mass is 35.5. The first-order chi connectivity index (χ1) is 9.90. The van der Waals surface area contributed by atoms with Crippen molar-refractivity contribution in [1.29, 1.82) is 0 Å². The normalized spacial score (nSPS) is 13.0. The quantitative estimate of drug-likeness (QED) is 0.905. The third kappa shape index (κ3) is 4.12. The van der Waals surface area contributed by atoms with Gasteiger partial charge in [-0.05, 0) is 42.0 Å². The molecular weight excluding hydrogens is 303 g/mol. The highest BCUT2D eigenvalue weighted by Crippen LogP contribution is 2.31. The first-order valence-electron chi connectivity index (χ1n) is 6.19. The topological polar surface area (TPSA) is 35.2 Å². The van der Waals surface area contributed by atoms with Gasteiger partial charge in [-0.1, -0.05) is 23.7 Å². The summed E-state index contributed by atoms with van der Waals surface area (Å²) in [5, 5.41) is 0.587. The molecule has 1 atom stereocenters. The predicted molar refractivity (Wildman–Crippen MR) is 75.3 cm³/mol. The molecule has 2 aromatic rings. The van der Waals surface area contributed by atoms with Gasteiger partial charge in [0.15, 0.2) is 0 Å². The summed E-state index contributed by atoms with van der Waals surface area (Å²) in [5.74, 6) is 0.327. The fourth-order valence-corrected chi connectivity index (χ4v) is 1.94. The van der Waals surface area contributed by atoms with Crippen molar-refractivity contribution in [3.05, 3.63) is 64.7 Å². The summed E-state index contributed by atoms with van der Waals surface area (Å²) in [7, 11) is 0. The monoisotopic (exact) mass is 315 g/mol. The standard InChI is InChI=1S/C15H13ClF3NO/c16-12-5-1-10(2-6-12)14(9-20)21-13-7-3-11(4-8-13)15(17,18)19/h1-8,14H,9,20H2. The maximum absolute atomic E-state index is 12.5. The summed E-state index contributed by atoms with van der Waals surface area (Å²) < 4.78 is 43.1. The van der Waals surface area contributed by atoms with Gasteiger partial charge in [0.2, 0.25) is 0 Å². The van der Waals surface area contributed by atoms with E-state index in [0.717, 1.165) is 17.7 Å². The molecule has 2 rings (SSSR count). The zero-order valence-electron chi connectivity index (χ0n) is 10.9. The molecule has 2 aromatic carbocycles. The van der Waals surface area contributed by atoms with Crippen LogP contribution in [0.25, 0.3) is 0 Å². The van der Waals surface area contributed by atoms with E-state index in [2.05, 4.69) is 0 Å². The van der Waals surface area contributed by atoms with E-state index >= 15 is 0 Å². The Balaban J connectivity index is 2.13. The fourth-order valence-electron chi connectivity index (χ4n) is 1.82. The Labute approximate surface area is 125 Å². The van der Waals surface area contributed by atoms with E-state index in [1.165, 1.54) is 12.1 Å². The number of alkyl halides is 3. The molecule has 2 N–H and O–H groups in total. The van der Waals surface area contributed by atoms with E-state index in [-0.39, 0.29) is 6.54 Å². The van der Waals surface area contributed by atoms with Gasteiger partial charge in [-0.25, -0.2) is 0 Å². The van der Waals surface area contributed by atoms with Crippen molar-refractivity contribution in [2.24, 2.45) is 5.73 Å². The number of halogens is 4. The second-order valence-corrected chi connectivity index (χ2v) is 4.85. The molecular formula is C15H13ClF3NO. The van der Waals surface area contributed by atoms with Crippen molar-refractivity contribution < 1.29 is 17.9 Å². The molecule has 0 aliphatic rings. The Kier molecular flexibility index (Phi) is 4.75. The summed E-state index contributed by atoms with van der Waals surface area (Å²) in [4.78, 5) is 0. The molecule has 0 aliphatic carbocycles. The smallest absolute Gasteiger partial charge is 0.416 e. The highest BCUT2D eigenvalue weighted by Gasteiger charge is 2.30. The van der Waals surface area contributed by atoms with Crippen molar-refractivity contribution >= 4 is 11.6 Å². The van der Waals surface area contributed by atoms with E-state index in [1.807, 2.05) is 0 Å². The van der Waals surface area contributed by atoms with Crippen molar-refractivity contribution in [2.75, 3.05) is 6.54 Å². The average Bonchev–Trinajstić information content (AvgIpc) is 2.45. The molecule has 6 heteroatoms. The number of hydrogen-bond acceptors (Lipinski definition) is 2.